The summed E-state index contributed by atoms with van der Waals surface area (Å²) >= 11 is 6.12. The summed E-state index contributed by atoms with van der Waals surface area (Å²) in [6, 6.07) is 10.1. The third-order valence-corrected chi connectivity index (χ3v) is 4.67. The Labute approximate surface area is 153 Å². The first-order valence-corrected chi connectivity index (χ1v) is 8.74. The van der Waals surface area contributed by atoms with Crippen LogP contribution in [0.15, 0.2) is 47.7 Å². The van der Waals surface area contributed by atoms with Crippen LogP contribution in [0.5, 0.6) is 0 Å². The van der Waals surface area contributed by atoms with Gasteiger partial charge in [-0.3, -0.25) is 4.99 Å². The monoisotopic (exact) mass is 357 g/mol. The van der Waals surface area contributed by atoms with Gasteiger partial charge in [0.25, 0.3) is 0 Å². The SMILES string of the molecule is CN=C(NCCc1c[nH]c2ccc(Cl)cc12)N(C)Cc1cccn1C. The minimum absolute atomic E-state index is 0.763. The molecule has 0 saturated carbocycles. The molecule has 2 N–H and O–H groups in total. The molecule has 0 aliphatic carbocycles. The van der Waals surface area contributed by atoms with Crippen molar-refractivity contribution in [3.05, 3.63) is 59.0 Å². The molecule has 2 aromatic heterocycles. The molecule has 1 aromatic carbocycles. The minimum atomic E-state index is 0.763. The lowest BCUT2D eigenvalue weighted by molar-refractivity contribution is 0.462. The van der Waals surface area contributed by atoms with Crippen molar-refractivity contribution < 1.29 is 0 Å². The first-order valence-electron chi connectivity index (χ1n) is 8.36. The smallest absolute Gasteiger partial charge is 0.193 e. The van der Waals surface area contributed by atoms with E-state index < -0.39 is 0 Å². The van der Waals surface area contributed by atoms with E-state index in [1.165, 1.54) is 16.6 Å². The van der Waals surface area contributed by atoms with E-state index in [2.05, 4.69) is 56.3 Å². The lowest BCUT2D eigenvalue weighted by atomic mass is 10.1. The number of hydrogen-bond acceptors (Lipinski definition) is 1. The van der Waals surface area contributed by atoms with Crippen LogP contribution in [0.2, 0.25) is 5.02 Å². The molecule has 3 aromatic rings. The largest absolute Gasteiger partial charge is 0.361 e. The number of benzene rings is 1. The fourth-order valence-electron chi connectivity index (χ4n) is 3.03. The maximum atomic E-state index is 6.12. The van der Waals surface area contributed by atoms with Crippen LogP contribution >= 0.6 is 11.6 Å². The van der Waals surface area contributed by atoms with Gasteiger partial charge in [-0.15, -0.1) is 0 Å². The average Bonchev–Trinajstić information content (AvgIpc) is 3.18. The zero-order valence-electron chi connectivity index (χ0n) is 14.9. The van der Waals surface area contributed by atoms with Gasteiger partial charge in [-0.1, -0.05) is 11.6 Å². The van der Waals surface area contributed by atoms with Gasteiger partial charge in [-0.05, 0) is 42.3 Å². The standard InChI is InChI=1S/C19H24ClN5/c1-21-19(25(3)13-16-5-4-10-24(16)2)22-9-8-14-12-23-18-7-6-15(20)11-17(14)18/h4-7,10-12,23H,8-9,13H2,1-3H3,(H,21,22). The van der Waals surface area contributed by atoms with Crippen LogP contribution in [0.4, 0.5) is 0 Å². The molecular weight excluding hydrogens is 334 g/mol. The maximum Gasteiger partial charge on any atom is 0.193 e. The van der Waals surface area contributed by atoms with Gasteiger partial charge in [0, 0.05) is 61.7 Å². The molecule has 6 heteroatoms. The third-order valence-electron chi connectivity index (χ3n) is 4.43. The van der Waals surface area contributed by atoms with Crippen molar-refractivity contribution in [1.82, 2.24) is 19.8 Å². The highest BCUT2D eigenvalue weighted by atomic mass is 35.5. The van der Waals surface area contributed by atoms with Crippen molar-refractivity contribution in [1.29, 1.82) is 0 Å². The van der Waals surface area contributed by atoms with Crippen molar-refractivity contribution in [2.24, 2.45) is 12.0 Å². The number of fused-ring (bicyclic) bond motifs is 1. The van der Waals surface area contributed by atoms with Gasteiger partial charge in [-0.25, -0.2) is 0 Å². The van der Waals surface area contributed by atoms with Gasteiger partial charge in [-0.2, -0.15) is 0 Å². The van der Waals surface area contributed by atoms with Crippen LogP contribution in [0.25, 0.3) is 10.9 Å². The number of hydrogen-bond donors (Lipinski definition) is 2. The van der Waals surface area contributed by atoms with Crippen molar-refractivity contribution in [3.63, 3.8) is 0 Å². The second-order valence-corrected chi connectivity index (χ2v) is 6.63. The van der Waals surface area contributed by atoms with E-state index >= 15 is 0 Å². The predicted molar refractivity (Wildman–Crippen MR) is 105 cm³/mol. The summed E-state index contributed by atoms with van der Waals surface area (Å²) in [6.45, 7) is 1.62. The highest BCUT2D eigenvalue weighted by Gasteiger charge is 2.09. The highest BCUT2D eigenvalue weighted by Crippen LogP contribution is 2.22. The molecule has 0 spiro atoms. The van der Waals surface area contributed by atoms with Crippen molar-refractivity contribution in [2.45, 2.75) is 13.0 Å². The van der Waals surface area contributed by atoms with Crippen LogP contribution in [-0.4, -0.2) is 41.1 Å². The number of aromatic amines is 1. The van der Waals surface area contributed by atoms with Gasteiger partial charge in [0.15, 0.2) is 5.96 Å². The Kier molecular flexibility index (Phi) is 5.34. The van der Waals surface area contributed by atoms with E-state index in [0.29, 0.717) is 0 Å². The van der Waals surface area contributed by atoms with Gasteiger partial charge >= 0.3 is 0 Å². The third kappa shape index (κ3) is 3.99. The molecule has 2 heterocycles. The van der Waals surface area contributed by atoms with Crippen molar-refractivity contribution >= 4 is 28.5 Å². The quantitative estimate of drug-likeness (QED) is 0.543. The summed E-state index contributed by atoms with van der Waals surface area (Å²) in [5, 5.41) is 5.38. The fourth-order valence-corrected chi connectivity index (χ4v) is 3.20. The van der Waals surface area contributed by atoms with Gasteiger partial charge < -0.3 is 19.8 Å². The zero-order chi connectivity index (χ0) is 17.8. The average molecular weight is 358 g/mol. The Bertz CT molecular complexity index is 877. The molecule has 0 unspecified atom stereocenters. The van der Waals surface area contributed by atoms with E-state index in [1.807, 2.05) is 32.3 Å². The van der Waals surface area contributed by atoms with E-state index in [0.717, 1.165) is 36.0 Å². The van der Waals surface area contributed by atoms with E-state index in [1.54, 1.807) is 0 Å². The van der Waals surface area contributed by atoms with Gasteiger partial charge in [0.2, 0.25) is 0 Å². The number of guanidine groups is 1. The Hall–Kier alpha value is -2.40. The molecule has 0 saturated heterocycles. The molecule has 0 bridgehead atoms. The van der Waals surface area contributed by atoms with E-state index in [-0.39, 0.29) is 0 Å². The van der Waals surface area contributed by atoms with Crippen LogP contribution in [-0.2, 0) is 20.0 Å². The fraction of sp³-hybridized carbons (Fsp3) is 0.316. The number of aliphatic imine (C=N–C) groups is 1. The maximum absolute atomic E-state index is 6.12. The summed E-state index contributed by atoms with van der Waals surface area (Å²) in [5.74, 6) is 0.888. The lowest BCUT2D eigenvalue weighted by Crippen LogP contribution is -2.39. The van der Waals surface area contributed by atoms with E-state index in [4.69, 9.17) is 11.6 Å². The van der Waals surface area contributed by atoms with Crippen LogP contribution in [0.1, 0.15) is 11.3 Å². The second kappa shape index (κ2) is 7.66. The molecule has 0 aliphatic rings. The zero-order valence-corrected chi connectivity index (χ0v) is 15.6. The number of rotatable bonds is 5. The van der Waals surface area contributed by atoms with E-state index in [9.17, 15) is 0 Å². The normalized spacial score (nSPS) is 11.9. The molecule has 3 rings (SSSR count). The molecule has 25 heavy (non-hydrogen) atoms. The molecule has 0 fully saturated rings. The minimum Gasteiger partial charge on any atom is -0.361 e. The lowest BCUT2D eigenvalue weighted by Gasteiger charge is -2.22. The Morgan fingerprint density at radius 1 is 1.36 bits per heavy atom. The van der Waals surface area contributed by atoms with Gasteiger partial charge in [0.05, 0.1) is 6.54 Å². The number of halogens is 1. The first kappa shape index (κ1) is 17.4. The van der Waals surface area contributed by atoms with Crippen molar-refractivity contribution in [2.75, 3.05) is 20.6 Å². The Morgan fingerprint density at radius 2 is 2.20 bits per heavy atom. The first-order chi connectivity index (χ1) is 12.1. The van der Waals surface area contributed by atoms with Crippen molar-refractivity contribution in [3.8, 4) is 0 Å². The molecule has 0 radical (unpaired) electrons. The van der Waals surface area contributed by atoms with Crippen LogP contribution in [0, 0.1) is 0 Å². The summed E-state index contributed by atoms with van der Waals surface area (Å²) in [7, 11) is 5.92. The predicted octanol–water partition coefficient (Wildman–Crippen LogP) is 3.41. The highest BCUT2D eigenvalue weighted by molar-refractivity contribution is 6.31. The molecular formula is C19H24ClN5. The summed E-state index contributed by atoms with van der Waals surface area (Å²) in [5.41, 5.74) is 3.62. The molecule has 5 nitrogen and oxygen atoms in total. The number of H-pyrrole nitrogens is 1. The van der Waals surface area contributed by atoms with Gasteiger partial charge in [0.1, 0.15) is 0 Å². The van der Waals surface area contributed by atoms with Crippen LogP contribution in [0.3, 0.4) is 0 Å². The number of aromatic nitrogens is 2. The second-order valence-electron chi connectivity index (χ2n) is 6.19. The number of nitrogens with zero attached hydrogens (tertiary/aromatic N) is 3. The molecule has 0 amide bonds. The Balaban J connectivity index is 1.59. The summed E-state index contributed by atoms with van der Waals surface area (Å²) in [4.78, 5) is 9.81. The summed E-state index contributed by atoms with van der Waals surface area (Å²) < 4.78 is 2.12. The number of nitrogens with one attached hydrogen (secondary N) is 2. The number of aryl methyl sites for hydroxylation is 1. The topological polar surface area (TPSA) is 48.4 Å². The summed E-state index contributed by atoms with van der Waals surface area (Å²) in [6.07, 6.45) is 5.01. The Morgan fingerprint density at radius 3 is 2.92 bits per heavy atom. The molecule has 0 aliphatic heterocycles. The molecule has 0 atom stereocenters. The molecule has 132 valence electrons. The van der Waals surface area contributed by atoms with Crippen LogP contribution < -0.4 is 5.32 Å².